The Hall–Kier alpha value is -2.53. The van der Waals surface area contributed by atoms with E-state index in [4.69, 9.17) is 11.6 Å². The number of amides is 2. The minimum atomic E-state index is -0.195. The fourth-order valence-corrected chi connectivity index (χ4v) is 3.29. The van der Waals surface area contributed by atoms with Gasteiger partial charge in [-0.05, 0) is 30.3 Å². The van der Waals surface area contributed by atoms with Crippen molar-refractivity contribution < 1.29 is 9.59 Å². The molecule has 0 saturated carbocycles. The number of anilines is 2. The predicted octanol–water partition coefficient (Wildman–Crippen LogP) is 3.65. The van der Waals surface area contributed by atoms with Gasteiger partial charge in [-0.25, -0.2) is 0 Å². The highest BCUT2D eigenvalue weighted by Gasteiger charge is 2.22. The van der Waals surface area contributed by atoms with Crippen LogP contribution in [-0.2, 0) is 4.79 Å². The van der Waals surface area contributed by atoms with Crippen LogP contribution in [0.25, 0.3) is 0 Å². The molecule has 2 aromatic carbocycles. The van der Waals surface area contributed by atoms with Crippen molar-refractivity contribution in [3.8, 4) is 0 Å². The standard InChI is InChI=1S/C20H22ClN3O2/c1-2-19(25)24-12-10-23(11-13-24)18-9-4-3-8-17(18)22-20(26)15-6-5-7-16(21)14-15/h3-9,14H,2,10-13H2,1H3,(H,22,26). The van der Waals surface area contributed by atoms with Crippen molar-refractivity contribution in [2.75, 3.05) is 36.4 Å². The van der Waals surface area contributed by atoms with Crippen molar-refractivity contribution in [3.05, 3.63) is 59.1 Å². The lowest BCUT2D eigenvalue weighted by Gasteiger charge is -2.36. The number of hydrogen-bond acceptors (Lipinski definition) is 3. The van der Waals surface area contributed by atoms with E-state index in [-0.39, 0.29) is 11.8 Å². The van der Waals surface area contributed by atoms with E-state index in [0.29, 0.717) is 30.1 Å². The molecule has 0 unspecified atom stereocenters. The van der Waals surface area contributed by atoms with Crippen molar-refractivity contribution in [1.29, 1.82) is 0 Å². The number of halogens is 1. The number of carbonyl (C=O) groups excluding carboxylic acids is 2. The summed E-state index contributed by atoms with van der Waals surface area (Å²) >= 11 is 5.98. The number of nitrogens with one attached hydrogen (secondary N) is 1. The third-order valence-corrected chi connectivity index (χ3v) is 4.75. The Balaban J connectivity index is 1.73. The molecule has 2 amide bonds. The first-order chi connectivity index (χ1) is 12.6. The van der Waals surface area contributed by atoms with E-state index in [2.05, 4.69) is 10.2 Å². The molecule has 2 aromatic rings. The van der Waals surface area contributed by atoms with Gasteiger partial charge in [-0.2, -0.15) is 0 Å². The largest absolute Gasteiger partial charge is 0.366 e. The quantitative estimate of drug-likeness (QED) is 0.892. The molecule has 0 aromatic heterocycles. The summed E-state index contributed by atoms with van der Waals surface area (Å²) in [6.07, 6.45) is 0.534. The Morgan fingerprint density at radius 2 is 1.77 bits per heavy atom. The average molecular weight is 372 g/mol. The fourth-order valence-electron chi connectivity index (χ4n) is 3.10. The van der Waals surface area contributed by atoms with Gasteiger partial charge in [-0.1, -0.05) is 36.7 Å². The Morgan fingerprint density at radius 3 is 2.46 bits per heavy atom. The van der Waals surface area contributed by atoms with Crippen LogP contribution in [0.1, 0.15) is 23.7 Å². The minimum Gasteiger partial charge on any atom is -0.366 e. The highest BCUT2D eigenvalue weighted by Crippen LogP contribution is 2.27. The van der Waals surface area contributed by atoms with Crippen LogP contribution in [0.4, 0.5) is 11.4 Å². The molecule has 1 aliphatic rings. The Labute approximate surface area is 158 Å². The third kappa shape index (κ3) is 4.17. The highest BCUT2D eigenvalue weighted by molar-refractivity contribution is 6.31. The van der Waals surface area contributed by atoms with Gasteiger partial charge in [0.15, 0.2) is 0 Å². The predicted molar refractivity (Wildman–Crippen MR) is 105 cm³/mol. The summed E-state index contributed by atoms with van der Waals surface area (Å²) in [5.74, 6) is -0.00746. The number of para-hydroxylation sites is 2. The van der Waals surface area contributed by atoms with Crippen LogP contribution in [0.3, 0.4) is 0 Å². The lowest BCUT2D eigenvalue weighted by atomic mass is 10.1. The molecule has 0 bridgehead atoms. The zero-order valence-electron chi connectivity index (χ0n) is 14.7. The smallest absolute Gasteiger partial charge is 0.255 e. The van der Waals surface area contributed by atoms with E-state index in [0.717, 1.165) is 24.5 Å². The van der Waals surface area contributed by atoms with Crippen molar-refractivity contribution in [2.45, 2.75) is 13.3 Å². The van der Waals surface area contributed by atoms with E-state index >= 15 is 0 Å². The van der Waals surface area contributed by atoms with Crippen molar-refractivity contribution in [2.24, 2.45) is 0 Å². The third-order valence-electron chi connectivity index (χ3n) is 4.51. The second-order valence-electron chi connectivity index (χ2n) is 6.20. The van der Waals surface area contributed by atoms with Crippen molar-refractivity contribution in [1.82, 2.24) is 4.90 Å². The SMILES string of the molecule is CCC(=O)N1CCN(c2ccccc2NC(=O)c2cccc(Cl)c2)CC1. The summed E-state index contributed by atoms with van der Waals surface area (Å²) in [7, 11) is 0. The van der Waals surface area contributed by atoms with E-state index in [1.165, 1.54) is 0 Å². The number of carbonyl (C=O) groups is 2. The van der Waals surface area contributed by atoms with E-state index in [1.807, 2.05) is 36.1 Å². The first kappa shape index (κ1) is 18.3. The molecule has 0 spiro atoms. The molecule has 1 fully saturated rings. The van der Waals surface area contributed by atoms with Gasteiger partial charge in [0.2, 0.25) is 5.91 Å². The molecule has 1 N–H and O–H groups in total. The molecular formula is C20H22ClN3O2. The lowest BCUT2D eigenvalue weighted by Crippen LogP contribution is -2.48. The highest BCUT2D eigenvalue weighted by atomic mass is 35.5. The number of rotatable bonds is 4. The maximum atomic E-state index is 12.5. The molecule has 0 radical (unpaired) electrons. The Kier molecular flexibility index (Phi) is 5.78. The molecule has 0 atom stereocenters. The van der Waals surface area contributed by atoms with E-state index in [9.17, 15) is 9.59 Å². The number of piperazine rings is 1. The monoisotopic (exact) mass is 371 g/mol. The molecule has 6 heteroatoms. The summed E-state index contributed by atoms with van der Waals surface area (Å²) in [6, 6.07) is 14.6. The van der Waals surface area contributed by atoms with Crippen LogP contribution in [0.2, 0.25) is 5.02 Å². The van der Waals surface area contributed by atoms with Gasteiger partial charge < -0.3 is 15.1 Å². The summed E-state index contributed by atoms with van der Waals surface area (Å²) in [4.78, 5) is 28.5. The van der Waals surface area contributed by atoms with Crippen LogP contribution >= 0.6 is 11.6 Å². The number of hydrogen-bond donors (Lipinski definition) is 1. The van der Waals surface area contributed by atoms with Crippen LogP contribution < -0.4 is 10.2 Å². The topological polar surface area (TPSA) is 52.7 Å². The Bertz CT molecular complexity index is 801. The number of benzene rings is 2. The molecule has 1 aliphatic heterocycles. The lowest BCUT2D eigenvalue weighted by molar-refractivity contribution is -0.131. The minimum absolute atomic E-state index is 0.187. The normalized spacial score (nSPS) is 14.2. The molecule has 136 valence electrons. The zero-order chi connectivity index (χ0) is 18.5. The summed E-state index contributed by atoms with van der Waals surface area (Å²) in [5, 5.41) is 3.51. The first-order valence-corrected chi connectivity index (χ1v) is 9.15. The van der Waals surface area contributed by atoms with Crippen molar-refractivity contribution >= 4 is 34.8 Å². The fraction of sp³-hybridized carbons (Fsp3) is 0.300. The molecule has 1 saturated heterocycles. The molecule has 3 rings (SSSR count). The average Bonchev–Trinajstić information content (AvgIpc) is 2.68. The first-order valence-electron chi connectivity index (χ1n) is 8.77. The van der Waals surface area contributed by atoms with Crippen LogP contribution in [0.15, 0.2) is 48.5 Å². The van der Waals surface area contributed by atoms with Crippen molar-refractivity contribution in [3.63, 3.8) is 0 Å². The second-order valence-corrected chi connectivity index (χ2v) is 6.64. The summed E-state index contributed by atoms with van der Waals surface area (Å²) < 4.78 is 0. The second kappa shape index (κ2) is 8.23. The molecule has 0 aliphatic carbocycles. The zero-order valence-corrected chi connectivity index (χ0v) is 15.5. The van der Waals surface area contributed by atoms with Gasteiger partial charge in [-0.3, -0.25) is 9.59 Å². The van der Waals surface area contributed by atoms with Gasteiger partial charge in [0.25, 0.3) is 5.91 Å². The van der Waals surface area contributed by atoms with Crippen LogP contribution in [0, 0.1) is 0 Å². The van der Waals surface area contributed by atoms with Gasteiger partial charge >= 0.3 is 0 Å². The van der Waals surface area contributed by atoms with Gasteiger partial charge in [0, 0.05) is 43.2 Å². The molecule has 5 nitrogen and oxygen atoms in total. The summed E-state index contributed by atoms with van der Waals surface area (Å²) in [5.41, 5.74) is 2.24. The molecular weight excluding hydrogens is 350 g/mol. The molecule has 26 heavy (non-hydrogen) atoms. The molecule has 1 heterocycles. The Morgan fingerprint density at radius 1 is 1.04 bits per heavy atom. The maximum absolute atomic E-state index is 12.5. The summed E-state index contributed by atoms with van der Waals surface area (Å²) in [6.45, 7) is 4.77. The van der Waals surface area contributed by atoms with E-state index < -0.39 is 0 Å². The van der Waals surface area contributed by atoms with Gasteiger partial charge in [0.05, 0.1) is 11.4 Å². The number of nitrogens with zero attached hydrogens (tertiary/aromatic N) is 2. The van der Waals surface area contributed by atoms with Crippen LogP contribution in [0.5, 0.6) is 0 Å². The van der Waals surface area contributed by atoms with Gasteiger partial charge in [0.1, 0.15) is 0 Å². The van der Waals surface area contributed by atoms with E-state index in [1.54, 1.807) is 24.3 Å². The van der Waals surface area contributed by atoms with Gasteiger partial charge in [-0.15, -0.1) is 0 Å². The van der Waals surface area contributed by atoms with Crippen LogP contribution in [-0.4, -0.2) is 42.9 Å². The maximum Gasteiger partial charge on any atom is 0.255 e.